The van der Waals surface area contributed by atoms with Gasteiger partial charge in [-0.05, 0) is 35.5 Å². The second-order valence-electron chi connectivity index (χ2n) is 3.92. The van der Waals surface area contributed by atoms with E-state index in [0.717, 1.165) is 11.3 Å². The van der Waals surface area contributed by atoms with Crippen LogP contribution in [0.25, 0.3) is 0 Å². The quantitative estimate of drug-likeness (QED) is 0.803. The van der Waals surface area contributed by atoms with Crippen molar-refractivity contribution in [2.24, 2.45) is 0 Å². The Morgan fingerprint density at radius 1 is 1.21 bits per heavy atom. The van der Waals surface area contributed by atoms with Gasteiger partial charge in [0.2, 0.25) is 10.3 Å². The van der Waals surface area contributed by atoms with Crippen LogP contribution in [0.3, 0.4) is 0 Å². The Hall–Kier alpha value is -2.21. The number of nitrogens with zero attached hydrogens (tertiary/aromatic N) is 1. The molecule has 0 radical (unpaired) electrons. The molecule has 1 aromatic carbocycles. The fourth-order valence-electron chi connectivity index (χ4n) is 1.80. The molecule has 0 bridgehead atoms. The van der Waals surface area contributed by atoms with Crippen LogP contribution in [-0.2, 0) is 16.7 Å². The predicted octanol–water partition coefficient (Wildman–Crippen LogP) is 1.84. The first-order chi connectivity index (χ1) is 9.11. The molecule has 0 unspecified atom stereocenters. The third kappa shape index (κ3) is 2.97. The van der Waals surface area contributed by atoms with Crippen molar-refractivity contribution in [1.29, 1.82) is 0 Å². The molecule has 19 heavy (non-hydrogen) atoms. The topological polar surface area (TPSA) is 71.4 Å². The van der Waals surface area contributed by atoms with Gasteiger partial charge in [-0.3, -0.25) is 0 Å². The molecular weight excluding hydrogens is 266 g/mol. The van der Waals surface area contributed by atoms with Crippen molar-refractivity contribution >= 4 is 10.3 Å². The highest BCUT2D eigenvalue weighted by molar-refractivity contribution is 7.63. The summed E-state index contributed by atoms with van der Waals surface area (Å²) in [6.45, 7) is 0. The van der Waals surface area contributed by atoms with E-state index in [1.54, 1.807) is 25.3 Å². The molecular formula is C13H12NO4S-. The Morgan fingerprint density at radius 2 is 1.89 bits per heavy atom. The summed E-state index contributed by atoms with van der Waals surface area (Å²) in [5.74, 6) is 0.725. The molecule has 0 atom stereocenters. The second-order valence-corrected chi connectivity index (χ2v) is 4.78. The molecule has 0 saturated carbocycles. The van der Waals surface area contributed by atoms with Gasteiger partial charge >= 0.3 is 0 Å². The largest absolute Gasteiger partial charge is 0.805 e. The lowest BCUT2D eigenvalue weighted by Gasteiger charge is -2.12. The minimum atomic E-state index is -2.56. The number of aromatic nitrogens is 1. The highest BCUT2D eigenvalue weighted by Gasteiger charge is 2.01. The lowest BCUT2D eigenvalue weighted by Crippen LogP contribution is -1.99. The van der Waals surface area contributed by atoms with Gasteiger partial charge in [-0.15, -0.1) is 0 Å². The van der Waals surface area contributed by atoms with Crippen LogP contribution < -0.4 is 4.74 Å². The van der Waals surface area contributed by atoms with E-state index >= 15 is 0 Å². The number of ether oxygens (including phenoxy) is 1. The van der Waals surface area contributed by atoms with Gasteiger partial charge in [0.1, 0.15) is 5.75 Å². The van der Waals surface area contributed by atoms with Gasteiger partial charge < -0.3 is 14.7 Å². The lowest BCUT2D eigenvalue weighted by atomic mass is 10.1. The van der Waals surface area contributed by atoms with Crippen molar-refractivity contribution < 1.29 is 13.2 Å². The zero-order chi connectivity index (χ0) is 13.8. The van der Waals surface area contributed by atoms with Crippen LogP contribution in [0.4, 0.5) is 0 Å². The van der Waals surface area contributed by atoms with Crippen LogP contribution in [0.5, 0.6) is 5.75 Å². The molecule has 1 aromatic heterocycles. The Bertz CT molecular complexity index is 737. The number of hydrogen-bond acceptors (Lipinski definition) is 4. The zero-order valence-corrected chi connectivity index (χ0v) is 11.1. The lowest BCUT2D eigenvalue weighted by molar-refractivity contribution is 0.414. The van der Waals surface area contributed by atoms with Crippen LogP contribution >= 0.6 is 0 Å². The standard InChI is InChI=1S/C13H12NO4S/c1-18-12-6-4-10(5-7-12)9-11-3-2-8-14(15)13(11)19(16)17/h2-8H,9H2,1H3/q-1. The van der Waals surface area contributed by atoms with Gasteiger partial charge in [0.05, 0.1) is 7.11 Å². The van der Waals surface area contributed by atoms with Gasteiger partial charge in [-0.2, -0.15) is 8.42 Å². The van der Waals surface area contributed by atoms with E-state index in [0.29, 0.717) is 16.7 Å². The molecule has 0 amide bonds. The molecule has 1 heterocycles. The smallest absolute Gasteiger partial charge is 0.238 e. The summed E-state index contributed by atoms with van der Waals surface area (Å²) in [5, 5.41) is 11.5. The molecule has 0 spiro atoms. The maximum atomic E-state index is 11.5. The number of methoxy groups -OCH3 is 1. The third-order valence-electron chi connectivity index (χ3n) is 2.71. The molecule has 0 fully saturated rings. The average molecular weight is 278 g/mol. The van der Waals surface area contributed by atoms with Crippen LogP contribution in [0, 0.1) is 9.85 Å². The number of pyridine rings is 1. The van der Waals surface area contributed by atoms with Crippen molar-refractivity contribution in [3.8, 4) is 5.75 Å². The Balaban J connectivity index is 2.44. The maximum absolute atomic E-state index is 11.5. The van der Waals surface area contributed by atoms with E-state index < -0.39 is 10.3 Å². The van der Waals surface area contributed by atoms with Gasteiger partial charge in [-0.1, -0.05) is 18.2 Å². The molecule has 6 heteroatoms. The van der Waals surface area contributed by atoms with Crippen LogP contribution in [-0.4, -0.2) is 20.3 Å². The summed E-state index contributed by atoms with van der Waals surface area (Å²) in [7, 11) is -0.981. The summed E-state index contributed by atoms with van der Waals surface area (Å²) in [4.78, 5) is 0. The molecule has 0 aliphatic carbocycles. The Morgan fingerprint density at radius 3 is 2.47 bits per heavy atom. The van der Waals surface area contributed by atoms with E-state index in [1.807, 2.05) is 12.1 Å². The first kappa shape index (κ1) is 13.2. The van der Waals surface area contributed by atoms with Gasteiger partial charge in [0, 0.05) is 6.42 Å². The molecule has 5 nitrogen and oxygen atoms in total. The van der Waals surface area contributed by atoms with Gasteiger partial charge in [0.15, 0.2) is 4.64 Å². The van der Waals surface area contributed by atoms with Crippen molar-refractivity contribution in [3.63, 3.8) is 0 Å². The van der Waals surface area contributed by atoms with Crippen molar-refractivity contribution in [2.45, 2.75) is 6.42 Å². The fraction of sp³-hybridized carbons (Fsp3) is 0.154. The SMILES string of the molecule is COc1ccc(Cc2cccn([O-])c2=S(=O)=O)cc1. The number of hydrogen-bond donors (Lipinski definition) is 0. The van der Waals surface area contributed by atoms with Crippen LogP contribution in [0.1, 0.15) is 11.1 Å². The van der Waals surface area contributed by atoms with E-state index in [2.05, 4.69) is 0 Å². The summed E-state index contributed by atoms with van der Waals surface area (Å²) in [5.41, 5.74) is 1.37. The zero-order valence-electron chi connectivity index (χ0n) is 10.2. The van der Waals surface area contributed by atoms with Gasteiger partial charge in [0.25, 0.3) is 0 Å². The number of benzene rings is 1. The van der Waals surface area contributed by atoms with Crippen molar-refractivity contribution in [3.05, 3.63) is 63.6 Å². The average Bonchev–Trinajstić information content (AvgIpc) is 2.39. The third-order valence-corrected chi connectivity index (χ3v) is 3.46. The molecule has 0 aliphatic rings. The minimum Gasteiger partial charge on any atom is -0.805 e. The number of rotatable bonds is 3. The molecule has 0 saturated heterocycles. The monoisotopic (exact) mass is 278 g/mol. The summed E-state index contributed by atoms with van der Waals surface area (Å²) in [6.07, 6.45) is 1.54. The molecule has 2 aromatic rings. The van der Waals surface area contributed by atoms with Crippen molar-refractivity contribution in [1.82, 2.24) is 4.73 Å². The highest BCUT2D eigenvalue weighted by atomic mass is 32.2. The Labute approximate surface area is 111 Å². The highest BCUT2D eigenvalue weighted by Crippen LogP contribution is 2.15. The molecule has 0 aliphatic heterocycles. The Kier molecular flexibility index (Phi) is 3.91. The normalized spacial score (nSPS) is 10.2. The van der Waals surface area contributed by atoms with E-state index in [-0.39, 0.29) is 4.64 Å². The summed E-state index contributed by atoms with van der Waals surface area (Å²) < 4.78 is 27.4. The molecule has 100 valence electrons. The maximum Gasteiger partial charge on any atom is 0.238 e. The van der Waals surface area contributed by atoms with Crippen LogP contribution in [0.2, 0.25) is 0 Å². The minimum absolute atomic E-state index is 0.238. The summed E-state index contributed by atoms with van der Waals surface area (Å²) >= 11 is 0. The fourth-order valence-corrected chi connectivity index (χ4v) is 2.36. The molecule has 0 N–H and O–H groups in total. The van der Waals surface area contributed by atoms with Gasteiger partial charge in [-0.25, -0.2) is 0 Å². The predicted molar refractivity (Wildman–Crippen MR) is 71.2 cm³/mol. The summed E-state index contributed by atoms with van der Waals surface area (Å²) in [6, 6.07) is 10.4. The van der Waals surface area contributed by atoms with E-state index in [4.69, 9.17) is 4.74 Å². The van der Waals surface area contributed by atoms with Crippen molar-refractivity contribution in [2.75, 3.05) is 7.11 Å². The van der Waals surface area contributed by atoms with E-state index in [9.17, 15) is 13.6 Å². The first-order valence-electron chi connectivity index (χ1n) is 5.55. The van der Waals surface area contributed by atoms with Crippen LogP contribution in [0.15, 0.2) is 42.6 Å². The first-order valence-corrected chi connectivity index (χ1v) is 6.62. The second kappa shape index (κ2) is 5.62. The van der Waals surface area contributed by atoms with E-state index in [1.165, 1.54) is 12.3 Å². The molecule has 2 rings (SSSR count).